The van der Waals surface area contributed by atoms with Crippen LogP contribution in [0, 0.1) is 6.92 Å². The van der Waals surface area contributed by atoms with Crippen molar-refractivity contribution in [3.05, 3.63) is 29.8 Å². The molecule has 0 aromatic heterocycles. The van der Waals surface area contributed by atoms with Crippen molar-refractivity contribution in [3.8, 4) is 5.75 Å². The number of hydrogen-bond donors (Lipinski definition) is 2. The first kappa shape index (κ1) is 16.3. The number of nitrogens with zero attached hydrogens (tertiary/aromatic N) is 1. The van der Waals surface area contributed by atoms with E-state index < -0.39 is 0 Å². The van der Waals surface area contributed by atoms with Crippen LogP contribution in [0.1, 0.15) is 32.8 Å². The second-order valence-corrected chi connectivity index (χ2v) is 5.84. The highest BCUT2D eigenvalue weighted by Crippen LogP contribution is 2.15. The van der Waals surface area contributed by atoms with Gasteiger partial charge < -0.3 is 15.4 Å². The van der Waals surface area contributed by atoms with Gasteiger partial charge in [-0.3, -0.25) is 4.99 Å². The topological polar surface area (TPSA) is 45.7 Å². The monoisotopic (exact) mass is 277 g/mol. The molecule has 0 bridgehead atoms. The van der Waals surface area contributed by atoms with E-state index in [1.807, 2.05) is 18.2 Å². The Kier molecular flexibility index (Phi) is 6.36. The first-order valence-corrected chi connectivity index (χ1v) is 7.09. The van der Waals surface area contributed by atoms with Crippen LogP contribution in [0.15, 0.2) is 29.3 Å². The smallest absolute Gasteiger partial charge is 0.191 e. The summed E-state index contributed by atoms with van der Waals surface area (Å²) in [5.41, 5.74) is 1.19. The summed E-state index contributed by atoms with van der Waals surface area (Å²) in [6, 6.07) is 8.08. The van der Waals surface area contributed by atoms with Crippen molar-refractivity contribution >= 4 is 5.96 Å². The lowest BCUT2D eigenvalue weighted by Crippen LogP contribution is -2.47. The molecule has 4 heteroatoms. The van der Waals surface area contributed by atoms with Crippen molar-refractivity contribution < 1.29 is 4.74 Å². The maximum Gasteiger partial charge on any atom is 0.191 e. The fourth-order valence-corrected chi connectivity index (χ4v) is 1.71. The molecule has 0 fully saturated rings. The van der Waals surface area contributed by atoms with Crippen molar-refractivity contribution in [2.75, 3.05) is 20.2 Å². The van der Waals surface area contributed by atoms with E-state index in [2.05, 4.69) is 49.4 Å². The molecule has 0 unspecified atom stereocenters. The number of rotatable bonds is 5. The number of guanidine groups is 1. The molecule has 0 amide bonds. The molecular formula is C16H27N3O. The van der Waals surface area contributed by atoms with Crippen LogP contribution in [0.4, 0.5) is 0 Å². The van der Waals surface area contributed by atoms with Crippen LogP contribution in [-0.4, -0.2) is 31.7 Å². The van der Waals surface area contributed by atoms with Crippen LogP contribution in [0.25, 0.3) is 0 Å². The predicted octanol–water partition coefficient (Wildman–Crippen LogP) is 2.73. The lowest BCUT2D eigenvalue weighted by Gasteiger charge is -2.23. The first-order valence-electron chi connectivity index (χ1n) is 7.09. The third-order valence-electron chi connectivity index (χ3n) is 2.68. The summed E-state index contributed by atoms with van der Waals surface area (Å²) in [4.78, 5) is 4.20. The van der Waals surface area contributed by atoms with E-state index in [4.69, 9.17) is 4.74 Å². The summed E-state index contributed by atoms with van der Waals surface area (Å²) in [6.45, 7) is 9.93. The minimum absolute atomic E-state index is 0.0134. The number of ether oxygens (including phenoxy) is 1. The number of benzene rings is 1. The van der Waals surface area contributed by atoms with E-state index in [0.29, 0.717) is 6.61 Å². The van der Waals surface area contributed by atoms with Crippen molar-refractivity contribution in [3.63, 3.8) is 0 Å². The van der Waals surface area contributed by atoms with Gasteiger partial charge in [0.25, 0.3) is 0 Å². The number of hydrogen-bond acceptors (Lipinski definition) is 2. The molecule has 0 atom stereocenters. The number of aryl methyl sites for hydroxylation is 1. The zero-order chi connectivity index (χ0) is 15.0. The summed E-state index contributed by atoms with van der Waals surface area (Å²) in [6.07, 6.45) is 0.930. The Morgan fingerprint density at radius 3 is 2.55 bits per heavy atom. The Morgan fingerprint density at radius 1 is 1.25 bits per heavy atom. The van der Waals surface area contributed by atoms with Crippen LogP contribution in [0.3, 0.4) is 0 Å². The van der Waals surface area contributed by atoms with Gasteiger partial charge in [0.1, 0.15) is 5.75 Å². The Hall–Kier alpha value is -1.71. The van der Waals surface area contributed by atoms with E-state index in [1.165, 1.54) is 5.56 Å². The van der Waals surface area contributed by atoms with Gasteiger partial charge in [0.2, 0.25) is 0 Å². The second kappa shape index (κ2) is 7.78. The summed E-state index contributed by atoms with van der Waals surface area (Å²) < 4.78 is 5.75. The summed E-state index contributed by atoms with van der Waals surface area (Å²) in [5.74, 6) is 1.79. The van der Waals surface area contributed by atoms with Gasteiger partial charge >= 0.3 is 0 Å². The highest BCUT2D eigenvalue weighted by Gasteiger charge is 2.11. The Bertz CT molecular complexity index is 436. The first-order chi connectivity index (χ1) is 9.42. The fourth-order valence-electron chi connectivity index (χ4n) is 1.71. The molecule has 0 radical (unpaired) electrons. The molecule has 0 saturated heterocycles. The standard InChI is InChI=1S/C16H27N3O/c1-13-9-6-7-10-14(13)20-12-8-11-18-15(17-5)19-16(2,3)4/h6-7,9-10H,8,11-12H2,1-5H3,(H2,17,18,19). The van der Waals surface area contributed by atoms with E-state index >= 15 is 0 Å². The SMILES string of the molecule is CN=C(NCCCOc1ccccc1C)NC(C)(C)C. The van der Waals surface area contributed by atoms with Gasteiger partial charge in [0, 0.05) is 19.1 Å². The Morgan fingerprint density at radius 2 is 1.95 bits per heavy atom. The van der Waals surface area contributed by atoms with Gasteiger partial charge in [-0.25, -0.2) is 0 Å². The third kappa shape index (κ3) is 6.45. The number of aliphatic imine (C=N–C) groups is 1. The molecule has 2 N–H and O–H groups in total. The zero-order valence-electron chi connectivity index (χ0n) is 13.3. The average molecular weight is 277 g/mol. The highest BCUT2D eigenvalue weighted by molar-refractivity contribution is 5.80. The van der Waals surface area contributed by atoms with E-state index in [1.54, 1.807) is 7.05 Å². The molecule has 0 aliphatic heterocycles. The molecule has 20 heavy (non-hydrogen) atoms. The molecule has 1 rings (SSSR count). The zero-order valence-corrected chi connectivity index (χ0v) is 13.3. The van der Waals surface area contributed by atoms with E-state index in [0.717, 1.165) is 24.7 Å². The van der Waals surface area contributed by atoms with Gasteiger partial charge in [0.05, 0.1) is 6.61 Å². The van der Waals surface area contributed by atoms with Gasteiger partial charge in [-0.05, 0) is 45.7 Å². The number of para-hydroxylation sites is 1. The quantitative estimate of drug-likeness (QED) is 0.494. The fraction of sp³-hybridized carbons (Fsp3) is 0.562. The van der Waals surface area contributed by atoms with Crippen molar-refractivity contribution in [1.82, 2.24) is 10.6 Å². The van der Waals surface area contributed by atoms with Gasteiger partial charge in [-0.15, -0.1) is 0 Å². The molecular weight excluding hydrogens is 250 g/mol. The molecule has 0 saturated carbocycles. The van der Waals surface area contributed by atoms with Crippen LogP contribution >= 0.6 is 0 Å². The summed E-state index contributed by atoms with van der Waals surface area (Å²) in [5, 5.41) is 6.61. The minimum Gasteiger partial charge on any atom is -0.493 e. The van der Waals surface area contributed by atoms with Crippen molar-refractivity contribution in [2.45, 2.75) is 39.7 Å². The molecule has 112 valence electrons. The molecule has 1 aromatic carbocycles. The number of nitrogens with one attached hydrogen (secondary N) is 2. The van der Waals surface area contributed by atoms with Gasteiger partial charge in [0.15, 0.2) is 5.96 Å². The third-order valence-corrected chi connectivity index (χ3v) is 2.68. The van der Waals surface area contributed by atoms with Crippen molar-refractivity contribution in [2.24, 2.45) is 4.99 Å². The summed E-state index contributed by atoms with van der Waals surface area (Å²) in [7, 11) is 1.78. The maximum atomic E-state index is 5.75. The average Bonchev–Trinajstić information content (AvgIpc) is 2.37. The molecule has 1 aromatic rings. The Labute approximate surface area is 122 Å². The largest absolute Gasteiger partial charge is 0.493 e. The van der Waals surface area contributed by atoms with Gasteiger partial charge in [-0.2, -0.15) is 0 Å². The molecule has 0 aliphatic carbocycles. The van der Waals surface area contributed by atoms with Crippen molar-refractivity contribution in [1.29, 1.82) is 0 Å². The lowest BCUT2D eigenvalue weighted by atomic mass is 10.1. The highest BCUT2D eigenvalue weighted by atomic mass is 16.5. The molecule has 0 aliphatic rings. The van der Waals surface area contributed by atoms with Crippen LogP contribution in [0.2, 0.25) is 0 Å². The summed E-state index contributed by atoms with van der Waals surface area (Å²) >= 11 is 0. The van der Waals surface area contributed by atoms with Crippen LogP contribution in [0.5, 0.6) is 5.75 Å². The molecule has 0 spiro atoms. The van der Waals surface area contributed by atoms with Gasteiger partial charge in [-0.1, -0.05) is 18.2 Å². The van der Waals surface area contributed by atoms with Crippen LogP contribution < -0.4 is 15.4 Å². The normalized spacial score (nSPS) is 12.2. The van der Waals surface area contributed by atoms with Crippen LogP contribution in [-0.2, 0) is 0 Å². The predicted molar refractivity (Wildman–Crippen MR) is 85.5 cm³/mol. The Balaban J connectivity index is 2.23. The molecule has 0 heterocycles. The second-order valence-electron chi connectivity index (χ2n) is 5.84. The van der Waals surface area contributed by atoms with E-state index in [-0.39, 0.29) is 5.54 Å². The lowest BCUT2D eigenvalue weighted by molar-refractivity contribution is 0.309. The minimum atomic E-state index is 0.0134. The molecule has 4 nitrogen and oxygen atoms in total. The van der Waals surface area contributed by atoms with E-state index in [9.17, 15) is 0 Å². The maximum absolute atomic E-state index is 5.75.